The predicted molar refractivity (Wildman–Crippen MR) is 140 cm³/mol. The number of hydrogen-bond acceptors (Lipinski definition) is 6. The number of rotatable bonds is 9. The van der Waals surface area contributed by atoms with Gasteiger partial charge in [-0.25, -0.2) is 11.0 Å². The SMILES string of the molecule is CC(=O)NCCCCCN(N)/N=C(\N)c1ccc(C2=CC3(CCNCC3)Oc3ccccc32)cc1. The van der Waals surface area contributed by atoms with E-state index in [0.29, 0.717) is 18.9 Å². The average molecular weight is 477 g/mol. The number of benzene rings is 2. The molecular weight excluding hydrogens is 440 g/mol. The Balaban J connectivity index is 1.42. The minimum atomic E-state index is -0.268. The highest BCUT2D eigenvalue weighted by molar-refractivity contribution is 5.98. The van der Waals surface area contributed by atoms with Gasteiger partial charge in [0.2, 0.25) is 5.91 Å². The van der Waals surface area contributed by atoms with Crippen molar-refractivity contribution in [3.8, 4) is 5.75 Å². The summed E-state index contributed by atoms with van der Waals surface area (Å²) in [5, 5.41) is 11.9. The van der Waals surface area contributed by atoms with Gasteiger partial charge in [0.25, 0.3) is 0 Å². The van der Waals surface area contributed by atoms with Crippen LogP contribution in [0.2, 0.25) is 0 Å². The lowest BCUT2D eigenvalue weighted by Gasteiger charge is -2.40. The zero-order valence-electron chi connectivity index (χ0n) is 20.4. The molecule has 1 fully saturated rings. The zero-order valence-corrected chi connectivity index (χ0v) is 20.4. The molecule has 8 heteroatoms. The quantitative estimate of drug-likeness (QED) is 0.145. The predicted octanol–water partition coefficient (Wildman–Crippen LogP) is 2.74. The van der Waals surface area contributed by atoms with Crippen LogP contribution >= 0.6 is 0 Å². The average Bonchev–Trinajstić information content (AvgIpc) is 2.86. The number of carbonyl (C=O) groups is 1. The molecule has 186 valence electrons. The van der Waals surface area contributed by atoms with Crippen LogP contribution in [0.3, 0.4) is 0 Å². The van der Waals surface area contributed by atoms with Crippen LogP contribution in [-0.2, 0) is 4.79 Å². The Kier molecular flexibility index (Phi) is 8.05. The number of hydrazone groups is 1. The maximum atomic E-state index is 10.9. The van der Waals surface area contributed by atoms with E-state index in [1.54, 1.807) is 0 Å². The van der Waals surface area contributed by atoms with Gasteiger partial charge in [0.1, 0.15) is 11.4 Å². The second-order valence-electron chi connectivity index (χ2n) is 9.24. The van der Waals surface area contributed by atoms with E-state index in [1.807, 2.05) is 24.3 Å². The monoisotopic (exact) mass is 476 g/mol. The summed E-state index contributed by atoms with van der Waals surface area (Å²) in [5.41, 5.74) is 10.2. The number of amidine groups is 1. The molecule has 0 aromatic heterocycles. The summed E-state index contributed by atoms with van der Waals surface area (Å²) in [5.74, 6) is 7.34. The van der Waals surface area contributed by atoms with Crippen LogP contribution in [0.25, 0.3) is 5.57 Å². The third-order valence-corrected chi connectivity index (χ3v) is 6.51. The van der Waals surface area contributed by atoms with Crippen LogP contribution < -0.4 is 26.9 Å². The Labute approximate surface area is 207 Å². The Morgan fingerprint density at radius 1 is 1.11 bits per heavy atom. The molecule has 1 amide bonds. The second-order valence-corrected chi connectivity index (χ2v) is 9.24. The van der Waals surface area contributed by atoms with Crippen LogP contribution in [-0.4, -0.2) is 48.6 Å². The molecule has 2 aliphatic heterocycles. The van der Waals surface area contributed by atoms with Crippen molar-refractivity contribution in [3.05, 3.63) is 71.3 Å². The van der Waals surface area contributed by atoms with Gasteiger partial charge in [0.05, 0.1) is 6.54 Å². The van der Waals surface area contributed by atoms with Crippen molar-refractivity contribution in [1.82, 2.24) is 15.8 Å². The van der Waals surface area contributed by atoms with Crippen LogP contribution in [0.5, 0.6) is 5.75 Å². The molecule has 1 spiro atoms. The third-order valence-electron chi connectivity index (χ3n) is 6.51. The highest BCUT2D eigenvalue weighted by atomic mass is 16.5. The number of amides is 1. The van der Waals surface area contributed by atoms with Gasteiger partial charge in [0.15, 0.2) is 5.84 Å². The number of ether oxygens (including phenoxy) is 1. The van der Waals surface area contributed by atoms with Crippen molar-refractivity contribution < 1.29 is 9.53 Å². The van der Waals surface area contributed by atoms with Crippen LogP contribution in [0.1, 0.15) is 55.7 Å². The van der Waals surface area contributed by atoms with Gasteiger partial charge >= 0.3 is 0 Å². The van der Waals surface area contributed by atoms with Gasteiger partial charge in [-0.2, -0.15) is 0 Å². The molecule has 35 heavy (non-hydrogen) atoms. The third kappa shape index (κ3) is 6.41. The highest BCUT2D eigenvalue weighted by Crippen LogP contribution is 2.42. The van der Waals surface area contributed by atoms with Crippen molar-refractivity contribution in [2.45, 2.75) is 44.6 Å². The number of hydrogen-bond donors (Lipinski definition) is 4. The number of piperidine rings is 1. The van der Waals surface area contributed by atoms with E-state index < -0.39 is 0 Å². The van der Waals surface area contributed by atoms with Gasteiger partial charge in [-0.15, -0.1) is 5.10 Å². The van der Waals surface area contributed by atoms with Gasteiger partial charge in [-0.05, 0) is 55.6 Å². The minimum absolute atomic E-state index is 0.00282. The first-order chi connectivity index (χ1) is 17.0. The maximum Gasteiger partial charge on any atom is 0.216 e. The molecular formula is C27H36N6O2. The van der Waals surface area contributed by atoms with E-state index in [4.69, 9.17) is 16.3 Å². The Morgan fingerprint density at radius 2 is 1.86 bits per heavy atom. The summed E-state index contributed by atoms with van der Waals surface area (Å²) in [4.78, 5) is 10.9. The van der Waals surface area contributed by atoms with Crippen molar-refractivity contribution in [2.75, 3.05) is 26.2 Å². The Hall–Kier alpha value is -3.36. The standard InChI is InChI=1S/C27H36N6O2/c1-20(34)31-15-5-2-6-18-33(29)32-26(28)22-11-9-21(10-12-22)24-19-27(13-16-30-17-14-27)35-25-8-4-3-7-23(24)25/h3-4,7-12,19,30H,2,5-6,13-18,29H2,1H3,(H2,28,32)(H,31,34). The van der Waals surface area contributed by atoms with E-state index in [1.165, 1.54) is 17.6 Å². The molecule has 0 bridgehead atoms. The fourth-order valence-corrected chi connectivity index (χ4v) is 4.61. The second kappa shape index (κ2) is 11.4. The molecule has 2 aliphatic rings. The molecule has 4 rings (SSSR count). The van der Waals surface area contributed by atoms with Crippen LogP contribution in [0, 0.1) is 0 Å². The fraction of sp³-hybridized carbons (Fsp3) is 0.407. The number of hydrazine groups is 1. The summed E-state index contributed by atoms with van der Waals surface area (Å²) in [6.07, 6.45) is 6.94. The molecule has 1 saturated heterocycles. The smallest absolute Gasteiger partial charge is 0.216 e. The Bertz CT molecular complexity index is 1070. The molecule has 0 unspecified atom stereocenters. The van der Waals surface area contributed by atoms with E-state index in [-0.39, 0.29) is 11.5 Å². The maximum absolute atomic E-state index is 10.9. The van der Waals surface area contributed by atoms with Gasteiger partial charge < -0.3 is 21.1 Å². The summed E-state index contributed by atoms with van der Waals surface area (Å²) >= 11 is 0. The topological polar surface area (TPSA) is 118 Å². The first kappa shape index (κ1) is 24.8. The molecule has 2 aromatic carbocycles. The van der Waals surface area contributed by atoms with Gasteiger partial charge in [-0.3, -0.25) is 4.79 Å². The van der Waals surface area contributed by atoms with Crippen molar-refractivity contribution in [2.24, 2.45) is 16.7 Å². The number of unbranched alkanes of at least 4 members (excludes halogenated alkanes) is 2. The highest BCUT2D eigenvalue weighted by Gasteiger charge is 2.36. The largest absolute Gasteiger partial charge is 0.482 e. The number of nitrogens with one attached hydrogen (secondary N) is 2. The first-order valence-electron chi connectivity index (χ1n) is 12.4. The molecule has 8 nitrogen and oxygen atoms in total. The number of para-hydroxylation sites is 1. The van der Waals surface area contributed by atoms with E-state index >= 15 is 0 Å². The van der Waals surface area contributed by atoms with Gasteiger partial charge in [-0.1, -0.05) is 42.5 Å². The van der Waals surface area contributed by atoms with E-state index in [0.717, 1.165) is 67.6 Å². The number of nitrogens with two attached hydrogens (primary N) is 2. The normalized spacial score (nSPS) is 16.7. The van der Waals surface area contributed by atoms with E-state index in [2.05, 4.69) is 46.1 Å². The lowest BCUT2D eigenvalue weighted by Crippen LogP contribution is -2.46. The van der Waals surface area contributed by atoms with Crippen LogP contribution in [0.4, 0.5) is 0 Å². The molecule has 0 saturated carbocycles. The lowest BCUT2D eigenvalue weighted by atomic mass is 9.83. The minimum Gasteiger partial charge on any atom is -0.482 e. The molecule has 0 aliphatic carbocycles. The number of nitrogens with zero attached hydrogens (tertiary/aromatic N) is 2. The van der Waals surface area contributed by atoms with Crippen molar-refractivity contribution >= 4 is 17.3 Å². The van der Waals surface area contributed by atoms with E-state index in [9.17, 15) is 4.79 Å². The number of fused-ring (bicyclic) bond motifs is 1. The zero-order chi connectivity index (χ0) is 24.7. The first-order valence-corrected chi connectivity index (χ1v) is 12.4. The fourth-order valence-electron chi connectivity index (χ4n) is 4.61. The van der Waals surface area contributed by atoms with Gasteiger partial charge in [0, 0.05) is 37.4 Å². The van der Waals surface area contributed by atoms with Crippen molar-refractivity contribution in [1.29, 1.82) is 0 Å². The molecule has 2 heterocycles. The van der Waals surface area contributed by atoms with Crippen molar-refractivity contribution in [3.63, 3.8) is 0 Å². The molecule has 2 aromatic rings. The van der Waals surface area contributed by atoms with Crippen LogP contribution in [0.15, 0.2) is 59.7 Å². The molecule has 6 N–H and O–H groups in total. The summed E-state index contributed by atoms with van der Waals surface area (Å²) < 4.78 is 6.49. The summed E-state index contributed by atoms with van der Waals surface area (Å²) in [6.45, 7) is 4.70. The summed E-state index contributed by atoms with van der Waals surface area (Å²) in [7, 11) is 0. The summed E-state index contributed by atoms with van der Waals surface area (Å²) in [6, 6.07) is 16.4. The molecule has 0 atom stereocenters. The lowest BCUT2D eigenvalue weighted by molar-refractivity contribution is -0.118. The molecule has 0 radical (unpaired) electrons. The number of carbonyl (C=O) groups excluding carboxylic acids is 1. The Morgan fingerprint density at radius 3 is 2.60 bits per heavy atom.